The molecule has 0 atom stereocenters. The zero-order valence-corrected chi connectivity index (χ0v) is 10.5. The van der Waals surface area contributed by atoms with Crippen LogP contribution in [-0.2, 0) is 14.3 Å². The maximum atomic E-state index is 11.1. The van der Waals surface area contributed by atoms with Crippen molar-refractivity contribution in [3.05, 3.63) is 0 Å². The maximum Gasteiger partial charge on any atom is 0.407 e. The van der Waals surface area contributed by atoms with E-state index in [0.717, 1.165) is 0 Å². The molecule has 0 spiro atoms. The second kappa shape index (κ2) is 9.89. The van der Waals surface area contributed by atoms with Gasteiger partial charge in [-0.15, -0.1) is 11.6 Å². The van der Waals surface area contributed by atoms with E-state index in [4.69, 9.17) is 11.6 Å². The SMILES string of the molecule is CC(=O)CCC(=O)NCCNC(=O)OCCCl. The minimum Gasteiger partial charge on any atom is -0.448 e. The number of Topliss-reactive ketones (excluding diaryl/α,β-unsaturated/α-hetero) is 1. The quantitative estimate of drug-likeness (QED) is 0.492. The van der Waals surface area contributed by atoms with Crippen molar-refractivity contribution in [1.82, 2.24) is 10.6 Å². The molecule has 2 N–H and O–H groups in total. The number of carbonyl (C=O) groups excluding carboxylic acids is 3. The topological polar surface area (TPSA) is 84.5 Å². The Morgan fingerprint density at radius 1 is 1.12 bits per heavy atom. The molecule has 7 heteroatoms. The lowest BCUT2D eigenvalue weighted by atomic mass is 10.2. The number of hydrogen-bond acceptors (Lipinski definition) is 4. The van der Waals surface area contributed by atoms with Crippen molar-refractivity contribution < 1.29 is 19.1 Å². The molecule has 0 unspecified atom stereocenters. The van der Waals surface area contributed by atoms with Gasteiger partial charge in [0, 0.05) is 25.9 Å². The molecule has 0 aromatic carbocycles. The van der Waals surface area contributed by atoms with Crippen LogP contribution in [0.1, 0.15) is 19.8 Å². The van der Waals surface area contributed by atoms with E-state index in [2.05, 4.69) is 15.4 Å². The Morgan fingerprint density at radius 3 is 2.35 bits per heavy atom. The minimum absolute atomic E-state index is 0.0251. The van der Waals surface area contributed by atoms with Gasteiger partial charge in [0.25, 0.3) is 0 Å². The van der Waals surface area contributed by atoms with Crippen molar-refractivity contribution in [1.29, 1.82) is 0 Å². The average molecular weight is 265 g/mol. The molecule has 0 aromatic heterocycles. The number of ether oxygens (including phenoxy) is 1. The van der Waals surface area contributed by atoms with Crippen LogP contribution < -0.4 is 10.6 Å². The summed E-state index contributed by atoms with van der Waals surface area (Å²) >= 11 is 5.32. The summed E-state index contributed by atoms with van der Waals surface area (Å²) in [4.78, 5) is 32.7. The predicted molar refractivity (Wildman–Crippen MR) is 63.0 cm³/mol. The van der Waals surface area contributed by atoms with Crippen LogP contribution in [0.15, 0.2) is 0 Å². The molecular weight excluding hydrogens is 248 g/mol. The standard InChI is InChI=1S/C10H17ClN2O4/c1-8(14)2-3-9(15)12-5-6-13-10(16)17-7-4-11/h2-7H2,1H3,(H,12,15)(H,13,16). The minimum atomic E-state index is -0.566. The molecule has 0 aliphatic carbocycles. The van der Waals surface area contributed by atoms with Gasteiger partial charge in [-0.25, -0.2) is 4.79 Å². The summed E-state index contributed by atoms with van der Waals surface area (Å²) < 4.78 is 4.64. The number of rotatable bonds is 8. The summed E-state index contributed by atoms with van der Waals surface area (Å²) in [5.41, 5.74) is 0. The number of ketones is 1. The van der Waals surface area contributed by atoms with Crippen molar-refractivity contribution in [2.24, 2.45) is 0 Å². The van der Waals surface area contributed by atoms with Crippen molar-refractivity contribution in [3.8, 4) is 0 Å². The van der Waals surface area contributed by atoms with E-state index in [1.807, 2.05) is 0 Å². The fourth-order valence-corrected chi connectivity index (χ4v) is 1.00. The Labute approximate surface area is 105 Å². The van der Waals surface area contributed by atoms with Crippen LogP contribution >= 0.6 is 11.6 Å². The second-order valence-corrected chi connectivity index (χ2v) is 3.68. The summed E-state index contributed by atoms with van der Waals surface area (Å²) in [7, 11) is 0. The molecular formula is C10H17ClN2O4. The molecule has 0 aliphatic rings. The first-order valence-corrected chi connectivity index (χ1v) is 5.82. The molecule has 0 fully saturated rings. The number of alkyl halides is 1. The largest absolute Gasteiger partial charge is 0.448 e. The number of alkyl carbamates (subject to hydrolysis) is 1. The lowest BCUT2D eigenvalue weighted by Gasteiger charge is -2.06. The summed E-state index contributed by atoms with van der Waals surface area (Å²) in [5, 5.41) is 5.00. The molecule has 0 saturated heterocycles. The smallest absolute Gasteiger partial charge is 0.407 e. The number of amides is 2. The lowest BCUT2D eigenvalue weighted by Crippen LogP contribution is -2.35. The summed E-state index contributed by atoms with van der Waals surface area (Å²) in [6.07, 6.45) is -0.160. The summed E-state index contributed by atoms with van der Waals surface area (Å²) in [6, 6.07) is 0. The van der Waals surface area contributed by atoms with Crippen LogP contribution in [0.3, 0.4) is 0 Å². The van der Waals surface area contributed by atoms with Crippen LogP contribution in [0.25, 0.3) is 0 Å². The summed E-state index contributed by atoms with van der Waals surface area (Å²) in [5.74, 6) is 0.00825. The van der Waals surface area contributed by atoms with Gasteiger partial charge in [0.15, 0.2) is 0 Å². The summed E-state index contributed by atoms with van der Waals surface area (Å²) in [6.45, 7) is 2.15. The van der Waals surface area contributed by atoms with Crippen molar-refractivity contribution in [3.63, 3.8) is 0 Å². The highest BCUT2D eigenvalue weighted by atomic mass is 35.5. The van der Waals surface area contributed by atoms with Gasteiger partial charge in [-0.1, -0.05) is 0 Å². The van der Waals surface area contributed by atoms with Gasteiger partial charge < -0.3 is 20.2 Å². The average Bonchev–Trinajstić information content (AvgIpc) is 2.29. The molecule has 0 aliphatic heterocycles. The maximum absolute atomic E-state index is 11.1. The second-order valence-electron chi connectivity index (χ2n) is 3.30. The lowest BCUT2D eigenvalue weighted by molar-refractivity contribution is -0.124. The Bertz CT molecular complexity index is 271. The Kier molecular flexibility index (Phi) is 9.14. The fourth-order valence-electron chi connectivity index (χ4n) is 0.927. The molecule has 0 aromatic rings. The van der Waals surface area contributed by atoms with Gasteiger partial charge in [-0.05, 0) is 6.92 Å². The van der Waals surface area contributed by atoms with Crippen molar-refractivity contribution in [2.75, 3.05) is 25.6 Å². The Hall–Kier alpha value is -1.30. The number of carbonyl (C=O) groups is 3. The van der Waals surface area contributed by atoms with Gasteiger partial charge >= 0.3 is 6.09 Å². The predicted octanol–water partition coefficient (Wildman–Crippen LogP) is 0.437. The third-order valence-corrected chi connectivity index (χ3v) is 1.89. The van der Waals surface area contributed by atoms with E-state index in [1.54, 1.807) is 0 Å². The van der Waals surface area contributed by atoms with E-state index in [0.29, 0.717) is 6.54 Å². The van der Waals surface area contributed by atoms with E-state index >= 15 is 0 Å². The number of hydrogen-bond donors (Lipinski definition) is 2. The van der Waals surface area contributed by atoms with Gasteiger partial charge in [-0.2, -0.15) is 0 Å². The van der Waals surface area contributed by atoms with Gasteiger partial charge in [0.1, 0.15) is 12.4 Å². The van der Waals surface area contributed by atoms with Crippen molar-refractivity contribution >= 4 is 29.4 Å². The molecule has 98 valence electrons. The third kappa shape index (κ3) is 11.0. The first-order valence-electron chi connectivity index (χ1n) is 5.29. The zero-order chi connectivity index (χ0) is 13.1. The Balaban J connectivity index is 3.41. The highest BCUT2D eigenvalue weighted by Gasteiger charge is 2.03. The zero-order valence-electron chi connectivity index (χ0n) is 9.75. The fraction of sp³-hybridized carbons (Fsp3) is 0.700. The molecule has 0 radical (unpaired) electrons. The monoisotopic (exact) mass is 264 g/mol. The van der Waals surface area contributed by atoms with E-state index in [9.17, 15) is 14.4 Å². The van der Waals surface area contributed by atoms with Gasteiger partial charge in [-0.3, -0.25) is 4.79 Å². The van der Waals surface area contributed by atoms with Gasteiger partial charge in [0.05, 0.1) is 5.88 Å². The normalized spacial score (nSPS) is 9.53. The van der Waals surface area contributed by atoms with Crippen LogP contribution in [-0.4, -0.2) is 43.4 Å². The Morgan fingerprint density at radius 2 is 1.76 bits per heavy atom. The van der Waals surface area contributed by atoms with Crippen LogP contribution in [0.4, 0.5) is 4.79 Å². The highest BCUT2D eigenvalue weighted by molar-refractivity contribution is 6.18. The molecule has 2 amide bonds. The molecule has 0 bridgehead atoms. The molecule has 0 saturated carbocycles. The molecule has 0 rings (SSSR count). The van der Waals surface area contributed by atoms with Crippen molar-refractivity contribution in [2.45, 2.75) is 19.8 Å². The third-order valence-electron chi connectivity index (χ3n) is 1.73. The molecule has 17 heavy (non-hydrogen) atoms. The van der Waals surface area contributed by atoms with Crippen LogP contribution in [0.5, 0.6) is 0 Å². The van der Waals surface area contributed by atoms with Gasteiger partial charge in [0.2, 0.25) is 5.91 Å². The van der Waals surface area contributed by atoms with E-state index in [-0.39, 0.29) is 43.6 Å². The first kappa shape index (κ1) is 15.7. The van der Waals surface area contributed by atoms with E-state index in [1.165, 1.54) is 6.92 Å². The van der Waals surface area contributed by atoms with Crippen LogP contribution in [0, 0.1) is 0 Å². The highest BCUT2D eigenvalue weighted by Crippen LogP contribution is 1.89. The van der Waals surface area contributed by atoms with E-state index < -0.39 is 6.09 Å². The number of nitrogens with one attached hydrogen (secondary N) is 2. The molecule has 0 heterocycles. The number of halogens is 1. The first-order chi connectivity index (χ1) is 8.06. The van der Waals surface area contributed by atoms with Crippen LogP contribution in [0.2, 0.25) is 0 Å². The molecule has 6 nitrogen and oxygen atoms in total.